The minimum Gasteiger partial charge on any atom is -0.449 e. The van der Waals surface area contributed by atoms with Gasteiger partial charge in [0.25, 0.3) is 0 Å². The van der Waals surface area contributed by atoms with Crippen LogP contribution < -0.4 is 5.32 Å². The van der Waals surface area contributed by atoms with Crippen LogP contribution >= 0.6 is 0 Å². The zero-order chi connectivity index (χ0) is 20.8. The van der Waals surface area contributed by atoms with Crippen LogP contribution in [-0.2, 0) is 9.53 Å². The second kappa shape index (κ2) is 7.89. The maximum atomic E-state index is 12.4. The lowest BCUT2D eigenvalue weighted by Crippen LogP contribution is -2.57. The predicted octanol–water partition coefficient (Wildman–Crippen LogP) is 5.60. The number of hydrogen-bond donors (Lipinski definition) is 1. The fourth-order valence-electron chi connectivity index (χ4n) is 8.61. The molecular formula is C25H41NO3. The summed E-state index contributed by atoms with van der Waals surface area (Å²) in [4.78, 5) is 24.5. The highest BCUT2D eigenvalue weighted by Gasteiger charge is 2.62. The van der Waals surface area contributed by atoms with Gasteiger partial charge < -0.3 is 10.1 Å². The molecule has 0 saturated heterocycles. The van der Waals surface area contributed by atoms with Gasteiger partial charge in [-0.15, -0.1) is 0 Å². The number of fused-ring (bicyclic) bond motifs is 5. The molecule has 8 atom stereocenters. The van der Waals surface area contributed by atoms with E-state index in [4.69, 9.17) is 4.74 Å². The Kier molecular flexibility index (Phi) is 5.76. The van der Waals surface area contributed by atoms with Crippen LogP contribution in [0, 0.1) is 46.3 Å². The van der Waals surface area contributed by atoms with Crippen molar-refractivity contribution >= 4 is 11.9 Å². The van der Waals surface area contributed by atoms with E-state index in [0.717, 1.165) is 12.3 Å². The minimum absolute atomic E-state index is 0.163. The molecule has 4 fully saturated rings. The Bertz CT molecular complexity index is 648. The molecule has 0 aromatic rings. The number of ketones is 1. The highest BCUT2D eigenvalue weighted by atomic mass is 16.5. The van der Waals surface area contributed by atoms with Crippen LogP contribution in [0.2, 0.25) is 0 Å². The molecule has 1 amide bonds. The molecule has 0 aromatic carbocycles. The summed E-state index contributed by atoms with van der Waals surface area (Å²) in [5, 5.41) is 2.82. The van der Waals surface area contributed by atoms with E-state index < -0.39 is 0 Å². The van der Waals surface area contributed by atoms with Gasteiger partial charge >= 0.3 is 6.09 Å². The van der Waals surface area contributed by atoms with Gasteiger partial charge in [-0.25, -0.2) is 4.79 Å². The lowest BCUT2D eigenvalue weighted by molar-refractivity contribution is -0.150. The molecule has 1 N–H and O–H groups in total. The molecule has 0 bridgehead atoms. The van der Waals surface area contributed by atoms with Crippen molar-refractivity contribution in [2.45, 2.75) is 85.5 Å². The van der Waals surface area contributed by atoms with E-state index in [1.54, 1.807) is 0 Å². The molecule has 4 rings (SSSR count). The van der Waals surface area contributed by atoms with Gasteiger partial charge in [0.2, 0.25) is 0 Å². The Morgan fingerprint density at radius 2 is 1.83 bits per heavy atom. The quantitative estimate of drug-likeness (QED) is 0.665. The van der Waals surface area contributed by atoms with Crippen LogP contribution in [0.15, 0.2) is 0 Å². The SMILES string of the molecule is CCNC(=O)OCC12CCC(C)CC1CCC1C3CCC(C(C)=O)C3(C)CCC12. The monoisotopic (exact) mass is 403 g/mol. The number of Topliss-reactive ketones (excluding diaryl/α,β-unsaturated/α-hetero) is 1. The summed E-state index contributed by atoms with van der Waals surface area (Å²) in [6, 6.07) is 0. The summed E-state index contributed by atoms with van der Waals surface area (Å²) in [6.45, 7) is 9.77. The van der Waals surface area contributed by atoms with E-state index in [9.17, 15) is 9.59 Å². The van der Waals surface area contributed by atoms with Gasteiger partial charge in [-0.1, -0.05) is 20.3 Å². The van der Waals surface area contributed by atoms with Crippen molar-refractivity contribution in [2.75, 3.05) is 13.2 Å². The molecule has 164 valence electrons. The normalized spacial score (nSPS) is 46.2. The summed E-state index contributed by atoms with van der Waals surface area (Å²) in [5.74, 6) is 4.19. The van der Waals surface area contributed by atoms with Crippen LogP contribution in [0.3, 0.4) is 0 Å². The first kappa shape index (κ1) is 21.2. The standard InChI is InChI=1S/C25H41NO3/c1-5-26-23(28)29-15-25-13-10-16(2)14-18(25)6-7-19-21-9-8-20(17(3)27)24(21,4)12-11-22(19)25/h16,18-22H,5-15H2,1-4H3,(H,26,28). The van der Waals surface area contributed by atoms with Crippen LogP contribution in [0.25, 0.3) is 0 Å². The van der Waals surface area contributed by atoms with Crippen molar-refractivity contribution < 1.29 is 14.3 Å². The third-order valence-electron chi connectivity index (χ3n) is 9.91. The first-order valence-corrected chi connectivity index (χ1v) is 12.2. The summed E-state index contributed by atoms with van der Waals surface area (Å²) in [6.07, 6.45) is 10.8. The van der Waals surface area contributed by atoms with E-state index in [-0.39, 0.29) is 22.8 Å². The second-order valence-electron chi connectivity index (χ2n) is 11.2. The maximum absolute atomic E-state index is 12.4. The molecular weight excluding hydrogens is 362 g/mol. The van der Waals surface area contributed by atoms with Crippen molar-refractivity contribution in [2.24, 2.45) is 46.3 Å². The number of carbonyl (C=O) groups is 2. The lowest BCUT2D eigenvalue weighted by Gasteiger charge is -2.61. The topological polar surface area (TPSA) is 55.4 Å². The number of amides is 1. The predicted molar refractivity (Wildman–Crippen MR) is 114 cm³/mol. The van der Waals surface area contributed by atoms with Crippen molar-refractivity contribution in [1.29, 1.82) is 0 Å². The van der Waals surface area contributed by atoms with Crippen LogP contribution in [-0.4, -0.2) is 25.0 Å². The van der Waals surface area contributed by atoms with Gasteiger partial charge in [0.05, 0.1) is 6.61 Å². The zero-order valence-electron chi connectivity index (χ0n) is 19.0. The number of hydrogen-bond acceptors (Lipinski definition) is 3. The molecule has 4 aliphatic rings. The third kappa shape index (κ3) is 3.43. The van der Waals surface area contributed by atoms with Gasteiger partial charge in [-0.05, 0) is 100 Å². The van der Waals surface area contributed by atoms with Crippen molar-refractivity contribution in [3.63, 3.8) is 0 Å². The summed E-state index contributed by atoms with van der Waals surface area (Å²) in [5.41, 5.74) is 0.361. The molecule has 0 aromatic heterocycles. The molecule has 4 heteroatoms. The van der Waals surface area contributed by atoms with E-state index in [1.807, 2.05) is 13.8 Å². The first-order chi connectivity index (χ1) is 13.8. The fraction of sp³-hybridized carbons (Fsp3) is 0.920. The van der Waals surface area contributed by atoms with Crippen molar-refractivity contribution in [3.05, 3.63) is 0 Å². The Morgan fingerprint density at radius 1 is 1.03 bits per heavy atom. The van der Waals surface area contributed by atoms with Crippen molar-refractivity contribution in [3.8, 4) is 0 Å². The van der Waals surface area contributed by atoms with Gasteiger partial charge in [0.15, 0.2) is 0 Å². The molecule has 8 unspecified atom stereocenters. The van der Waals surface area contributed by atoms with Gasteiger partial charge in [0.1, 0.15) is 5.78 Å². The second-order valence-corrected chi connectivity index (χ2v) is 11.2. The van der Waals surface area contributed by atoms with Crippen molar-refractivity contribution in [1.82, 2.24) is 5.32 Å². The van der Waals surface area contributed by atoms with Crippen LogP contribution in [0.4, 0.5) is 4.79 Å². The largest absolute Gasteiger partial charge is 0.449 e. The Hall–Kier alpha value is -1.06. The highest BCUT2D eigenvalue weighted by Crippen LogP contribution is 2.68. The highest BCUT2D eigenvalue weighted by molar-refractivity contribution is 5.79. The van der Waals surface area contributed by atoms with E-state index in [1.165, 1.54) is 51.4 Å². The molecule has 0 spiro atoms. The summed E-state index contributed by atoms with van der Waals surface area (Å²) in [7, 11) is 0. The molecule has 0 radical (unpaired) electrons. The number of ether oxygens (including phenoxy) is 1. The number of rotatable bonds is 4. The lowest BCUT2D eigenvalue weighted by atomic mass is 9.44. The minimum atomic E-state index is -0.250. The van der Waals surface area contributed by atoms with Gasteiger partial charge in [-0.2, -0.15) is 0 Å². The average Bonchev–Trinajstić information content (AvgIpc) is 3.04. The van der Waals surface area contributed by atoms with Crippen LogP contribution in [0.5, 0.6) is 0 Å². The summed E-state index contributed by atoms with van der Waals surface area (Å²) >= 11 is 0. The fourth-order valence-corrected chi connectivity index (χ4v) is 8.61. The number of alkyl carbamates (subject to hydrolysis) is 1. The molecule has 29 heavy (non-hydrogen) atoms. The number of carbonyl (C=O) groups excluding carboxylic acids is 2. The van der Waals surface area contributed by atoms with E-state index >= 15 is 0 Å². The third-order valence-corrected chi connectivity index (χ3v) is 9.91. The van der Waals surface area contributed by atoms with E-state index in [2.05, 4.69) is 19.2 Å². The molecule has 4 aliphatic carbocycles. The number of nitrogens with one attached hydrogen (secondary N) is 1. The van der Waals surface area contributed by atoms with Gasteiger partial charge in [-0.3, -0.25) is 4.79 Å². The molecule has 4 saturated carbocycles. The molecule has 4 nitrogen and oxygen atoms in total. The average molecular weight is 404 g/mol. The molecule has 0 heterocycles. The summed E-state index contributed by atoms with van der Waals surface area (Å²) < 4.78 is 5.86. The maximum Gasteiger partial charge on any atom is 0.407 e. The first-order valence-electron chi connectivity index (χ1n) is 12.2. The zero-order valence-corrected chi connectivity index (χ0v) is 19.0. The van der Waals surface area contributed by atoms with E-state index in [0.29, 0.717) is 42.6 Å². The molecule has 0 aliphatic heterocycles. The van der Waals surface area contributed by atoms with Crippen LogP contribution in [0.1, 0.15) is 85.5 Å². The Labute approximate surface area is 176 Å². The van der Waals surface area contributed by atoms with Gasteiger partial charge in [0, 0.05) is 17.9 Å². The Morgan fingerprint density at radius 3 is 2.55 bits per heavy atom. The Balaban J connectivity index is 1.60. The smallest absolute Gasteiger partial charge is 0.407 e.